The Morgan fingerprint density at radius 1 is 1.21 bits per heavy atom. The zero-order valence-electron chi connectivity index (χ0n) is 10.8. The van der Waals surface area contributed by atoms with E-state index in [1.54, 1.807) is 11.3 Å². The molecule has 0 aromatic carbocycles. The molecule has 0 radical (unpaired) electrons. The summed E-state index contributed by atoms with van der Waals surface area (Å²) in [6.45, 7) is 2.71. The molecule has 100 valence electrons. The third-order valence-electron chi connectivity index (χ3n) is 3.72. The van der Waals surface area contributed by atoms with Crippen molar-refractivity contribution >= 4 is 11.3 Å². The molecule has 0 spiro atoms. The highest BCUT2D eigenvalue weighted by Gasteiger charge is 2.31. The van der Waals surface area contributed by atoms with E-state index >= 15 is 0 Å². The first-order valence-corrected chi connectivity index (χ1v) is 7.56. The highest BCUT2D eigenvalue weighted by Crippen LogP contribution is 2.23. The number of likely N-dealkylation sites (tertiary alicyclic amines) is 1. The van der Waals surface area contributed by atoms with Crippen LogP contribution in [-0.4, -0.2) is 34.2 Å². The molecule has 0 saturated carbocycles. The first-order valence-electron chi connectivity index (χ1n) is 6.61. The van der Waals surface area contributed by atoms with Gasteiger partial charge in [-0.3, -0.25) is 9.88 Å². The van der Waals surface area contributed by atoms with Crippen LogP contribution in [0.1, 0.15) is 11.1 Å². The van der Waals surface area contributed by atoms with Crippen LogP contribution in [0.15, 0.2) is 41.4 Å². The number of hydrogen-bond acceptors (Lipinski definition) is 4. The van der Waals surface area contributed by atoms with Gasteiger partial charge in [0, 0.05) is 37.9 Å². The maximum atomic E-state index is 10.2. The van der Waals surface area contributed by atoms with Crippen molar-refractivity contribution in [3.63, 3.8) is 0 Å². The minimum absolute atomic E-state index is 0.216. The summed E-state index contributed by atoms with van der Waals surface area (Å²) in [5, 5.41) is 14.5. The second-order valence-electron chi connectivity index (χ2n) is 5.21. The largest absolute Gasteiger partial charge is 0.391 e. The summed E-state index contributed by atoms with van der Waals surface area (Å²) in [7, 11) is 0. The fourth-order valence-corrected chi connectivity index (χ4v) is 3.39. The van der Waals surface area contributed by atoms with Crippen LogP contribution >= 0.6 is 11.3 Å². The van der Waals surface area contributed by atoms with Gasteiger partial charge in [-0.2, -0.15) is 11.3 Å². The predicted molar refractivity (Wildman–Crippen MR) is 77.0 cm³/mol. The number of β-amino-alcohol motifs (C(OH)–C–C–N with tert-alkyl or cyclic N) is 1. The topological polar surface area (TPSA) is 36.4 Å². The average molecular weight is 274 g/mol. The van der Waals surface area contributed by atoms with Gasteiger partial charge < -0.3 is 5.11 Å². The molecule has 1 aliphatic heterocycles. The summed E-state index contributed by atoms with van der Waals surface area (Å²) in [5.74, 6) is 0.334. The standard InChI is InChI=1S/C15H18N2OS/c18-15-10-17(8-13-3-6-19-11-13)9-14(15)7-12-1-4-16-5-2-12/h1-6,11,14-15,18H,7-10H2/t14-,15-/m1/s1. The van der Waals surface area contributed by atoms with Crippen molar-refractivity contribution < 1.29 is 5.11 Å². The highest BCUT2D eigenvalue weighted by atomic mass is 32.1. The van der Waals surface area contributed by atoms with E-state index in [9.17, 15) is 5.11 Å². The van der Waals surface area contributed by atoms with Crippen molar-refractivity contribution in [1.29, 1.82) is 0 Å². The zero-order chi connectivity index (χ0) is 13.1. The Morgan fingerprint density at radius 2 is 2.05 bits per heavy atom. The Labute approximate surface area is 117 Å². The van der Waals surface area contributed by atoms with E-state index < -0.39 is 0 Å². The predicted octanol–water partition coefficient (Wildman–Crippen LogP) is 2.18. The van der Waals surface area contributed by atoms with Crippen molar-refractivity contribution in [3.8, 4) is 0 Å². The number of thiophene rings is 1. The normalized spacial score (nSPS) is 23.8. The average Bonchev–Trinajstić information content (AvgIpc) is 3.02. The molecule has 4 heteroatoms. The van der Waals surface area contributed by atoms with E-state index in [0.29, 0.717) is 5.92 Å². The maximum Gasteiger partial charge on any atom is 0.0710 e. The van der Waals surface area contributed by atoms with Gasteiger partial charge in [0.15, 0.2) is 0 Å². The molecule has 2 atom stereocenters. The zero-order valence-corrected chi connectivity index (χ0v) is 11.6. The van der Waals surface area contributed by atoms with Crippen LogP contribution in [0.5, 0.6) is 0 Å². The van der Waals surface area contributed by atoms with E-state index in [1.165, 1.54) is 11.1 Å². The van der Waals surface area contributed by atoms with Gasteiger partial charge in [-0.05, 0) is 46.5 Å². The fraction of sp³-hybridized carbons (Fsp3) is 0.400. The lowest BCUT2D eigenvalue weighted by atomic mass is 9.97. The van der Waals surface area contributed by atoms with Gasteiger partial charge in [-0.1, -0.05) is 0 Å². The van der Waals surface area contributed by atoms with E-state index in [1.807, 2.05) is 24.5 Å². The summed E-state index contributed by atoms with van der Waals surface area (Å²) in [6, 6.07) is 6.23. The summed E-state index contributed by atoms with van der Waals surface area (Å²) in [4.78, 5) is 6.38. The molecular weight excluding hydrogens is 256 g/mol. The Bertz CT molecular complexity index is 500. The maximum absolute atomic E-state index is 10.2. The van der Waals surface area contributed by atoms with Crippen molar-refractivity contribution in [3.05, 3.63) is 52.5 Å². The van der Waals surface area contributed by atoms with E-state index in [4.69, 9.17) is 0 Å². The Morgan fingerprint density at radius 3 is 2.79 bits per heavy atom. The molecule has 2 aromatic heterocycles. The molecule has 0 aliphatic carbocycles. The lowest BCUT2D eigenvalue weighted by Gasteiger charge is -2.14. The Balaban J connectivity index is 1.59. The SMILES string of the molecule is O[C@@H]1CN(Cc2ccsc2)C[C@H]1Cc1ccncc1. The molecule has 1 saturated heterocycles. The molecule has 1 fully saturated rings. The van der Waals surface area contributed by atoms with E-state index in [-0.39, 0.29) is 6.10 Å². The molecule has 3 rings (SSSR count). The van der Waals surface area contributed by atoms with Gasteiger partial charge in [-0.25, -0.2) is 0 Å². The molecular formula is C15H18N2OS. The van der Waals surface area contributed by atoms with Gasteiger partial charge in [0.1, 0.15) is 0 Å². The minimum atomic E-state index is -0.216. The number of rotatable bonds is 4. The molecule has 2 aromatic rings. The van der Waals surface area contributed by atoms with Gasteiger partial charge in [0.05, 0.1) is 6.10 Å². The first-order chi connectivity index (χ1) is 9.31. The second-order valence-corrected chi connectivity index (χ2v) is 5.99. The summed E-state index contributed by atoms with van der Waals surface area (Å²) >= 11 is 1.73. The van der Waals surface area contributed by atoms with Crippen LogP contribution in [0.4, 0.5) is 0 Å². The van der Waals surface area contributed by atoms with Gasteiger partial charge in [0.25, 0.3) is 0 Å². The van der Waals surface area contributed by atoms with Gasteiger partial charge in [-0.15, -0.1) is 0 Å². The summed E-state index contributed by atoms with van der Waals surface area (Å²) < 4.78 is 0. The number of nitrogens with zero attached hydrogens (tertiary/aromatic N) is 2. The van der Waals surface area contributed by atoms with Crippen LogP contribution in [0.3, 0.4) is 0 Å². The van der Waals surface area contributed by atoms with E-state index in [0.717, 1.165) is 26.1 Å². The third-order valence-corrected chi connectivity index (χ3v) is 4.45. The molecule has 0 unspecified atom stereocenters. The fourth-order valence-electron chi connectivity index (χ4n) is 2.73. The third kappa shape index (κ3) is 3.21. The lowest BCUT2D eigenvalue weighted by molar-refractivity contribution is 0.141. The Kier molecular flexibility index (Phi) is 3.92. The number of aliphatic hydroxyl groups is 1. The monoisotopic (exact) mass is 274 g/mol. The highest BCUT2D eigenvalue weighted by molar-refractivity contribution is 7.07. The molecule has 0 bridgehead atoms. The van der Waals surface area contributed by atoms with Crippen molar-refractivity contribution in [2.75, 3.05) is 13.1 Å². The van der Waals surface area contributed by atoms with Gasteiger partial charge >= 0.3 is 0 Å². The van der Waals surface area contributed by atoms with E-state index in [2.05, 4.69) is 26.7 Å². The minimum Gasteiger partial charge on any atom is -0.391 e. The second kappa shape index (κ2) is 5.82. The molecule has 3 nitrogen and oxygen atoms in total. The van der Waals surface area contributed by atoms with Crippen LogP contribution in [0.25, 0.3) is 0 Å². The van der Waals surface area contributed by atoms with Crippen molar-refractivity contribution in [1.82, 2.24) is 9.88 Å². The smallest absolute Gasteiger partial charge is 0.0710 e. The lowest BCUT2D eigenvalue weighted by Crippen LogP contribution is -2.21. The summed E-state index contributed by atoms with van der Waals surface area (Å²) in [6.07, 6.45) is 4.36. The van der Waals surface area contributed by atoms with Crippen LogP contribution in [-0.2, 0) is 13.0 Å². The molecule has 1 aliphatic rings. The molecule has 0 amide bonds. The molecule has 19 heavy (non-hydrogen) atoms. The van der Waals surface area contributed by atoms with Gasteiger partial charge in [0.2, 0.25) is 0 Å². The number of hydrogen-bond donors (Lipinski definition) is 1. The molecule has 3 heterocycles. The van der Waals surface area contributed by atoms with Crippen LogP contribution in [0.2, 0.25) is 0 Å². The van der Waals surface area contributed by atoms with Crippen molar-refractivity contribution in [2.45, 2.75) is 19.1 Å². The number of aromatic nitrogens is 1. The van der Waals surface area contributed by atoms with Crippen molar-refractivity contribution in [2.24, 2.45) is 5.92 Å². The Hall–Kier alpha value is -1.23. The first kappa shape index (κ1) is 12.8. The van der Waals surface area contributed by atoms with Crippen LogP contribution in [0, 0.1) is 5.92 Å². The van der Waals surface area contributed by atoms with Crippen LogP contribution < -0.4 is 0 Å². The number of aliphatic hydroxyl groups excluding tert-OH is 1. The molecule has 1 N–H and O–H groups in total. The summed E-state index contributed by atoms with van der Waals surface area (Å²) in [5.41, 5.74) is 2.61. The number of pyridine rings is 1. The quantitative estimate of drug-likeness (QED) is 0.928.